The average molecular weight is 280 g/mol. The van der Waals surface area contributed by atoms with E-state index in [0.29, 0.717) is 6.29 Å². The van der Waals surface area contributed by atoms with Crippen LogP contribution in [0.4, 0.5) is 11.4 Å². The van der Waals surface area contributed by atoms with Gasteiger partial charge in [0.25, 0.3) is 5.69 Å². The quantitative estimate of drug-likeness (QED) is 0.299. The molecule has 0 saturated carbocycles. The first-order chi connectivity index (χ1) is 9.08. The summed E-state index contributed by atoms with van der Waals surface area (Å²) in [6, 6.07) is 1.08. The molecule has 1 rings (SSSR count). The van der Waals surface area contributed by atoms with E-state index in [-0.39, 0.29) is 22.4 Å². The van der Waals surface area contributed by atoms with Crippen molar-refractivity contribution >= 4 is 23.6 Å². The van der Waals surface area contributed by atoms with E-state index in [1.54, 1.807) is 20.8 Å². The molecule has 0 atom stereocenters. The van der Waals surface area contributed by atoms with Crippen molar-refractivity contribution < 1.29 is 19.2 Å². The Labute approximate surface area is 115 Å². The van der Waals surface area contributed by atoms with Crippen molar-refractivity contribution in [3.8, 4) is 0 Å². The van der Waals surface area contributed by atoms with E-state index in [9.17, 15) is 19.7 Å². The number of benzene rings is 1. The molecular weight excluding hydrogens is 264 g/mol. The summed E-state index contributed by atoms with van der Waals surface area (Å²) in [6.07, 6.45) is 0.318. The van der Waals surface area contributed by atoms with Crippen LogP contribution in [0.2, 0.25) is 0 Å². The van der Waals surface area contributed by atoms with Crippen LogP contribution in [0.25, 0.3) is 0 Å². The minimum absolute atomic E-state index is 0.0508. The van der Waals surface area contributed by atoms with Crippen LogP contribution < -0.4 is 5.73 Å². The highest BCUT2D eigenvalue weighted by molar-refractivity contribution is 6.00. The molecule has 0 saturated heterocycles. The maximum absolute atomic E-state index is 12.0. The predicted octanol–water partition coefficient (Wildman–Crippen LogP) is 2.25. The van der Waals surface area contributed by atoms with E-state index in [1.807, 2.05) is 0 Å². The number of nitro benzene ring substituents is 1. The highest BCUT2D eigenvalue weighted by Crippen LogP contribution is 2.31. The Balaban J connectivity index is 3.44. The second-order valence-electron chi connectivity index (χ2n) is 5.28. The molecule has 0 spiro atoms. The van der Waals surface area contributed by atoms with E-state index in [0.717, 1.165) is 6.07 Å². The van der Waals surface area contributed by atoms with Gasteiger partial charge in [-0.05, 0) is 33.8 Å². The topological polar surface area (TPSA) is 113 Å². The first-order valence-electron chi connectivity index (χ1n) is 5.84. The molecule has 0 bridgehead atoms. The fourth-order valence-corrected chi connectivity index (χ4v) is 1.68. The average Bonchev–Trinajstić information content (AvgIpc) is 2.29. The van der Waals surface area contributed by atoms with Crippen LogP contribution >= 0.6 is 0 Å². The molecule has 0 heterocycles. The number of aldehydes is 1. The number of nitrogens with two attached hydrogens (primary N) is 1. The van der Waals surface area contributed by atoms with E-state index >= 15 is 0 Å². The van der Waals surface area contributed by atoms with Crippen molar-refractivity contribution in [2.45, 2.75) is 33.3 Å². The number of carbonyl (C=O) groups is 2. The summed E-state index contributed by atoms with van der Waals surface area (Å²) in [4.78, 5) is 33.2. The van der Waals surface area contributed by atoms with Crippen LogP contribution in [0.1, 0.15) is 47.1 Å². The number of carbonyl (C=O) groups excluding carboxylic acids is 2. The Hall–Kier alpha value is -2.44. The lowest BCUT2D eigenvalue weighted by molar-refractivity contribution is -0.385. The van der Waals surface area contributed by atoms with Gasteiger partial charge in [-0.25, -0.2) is 4.79 Å². The molecule has 0 unspecified atom stereocenters. The van der Waals surface area contributed by atoms with Crippen molar-refractivity contribution in [3.05, 3.63) is 32.9 Å². The lowest BCUT2D eigenvalue weighted by Crippen LogP contribution is -2.25. The number of hydrogen-bond donors (Lipinski definition) is 1. The van der Waals surface area contributed by atoms with Crippen LogP contribution in [-0.2, 0) is 4.74 Å². The van der Waals surface area contributed by atoms with Gasteiger partial charge in [-0.3, -0.25) is 14.9 Å². The van der Waals surface area contributed by atoms with Crippen LogP contribution in [0.3, 0.4) is 0 Å². The summed E-state index contributed by atoms with van der Waals surface area (Å²) in [5, 5.41) is 10.9. The number of esters is 1. The molecule has 20 heavy (non-hydrogen) atoms. The lowest BCUT2D eigenvalue weighted by Gasteiger charge is -2.20. The smallest absolute Gasteiger partial charge is 0.340 e. The number of nitro groups is 1. The van der Waals surface area contributed by atoms with Gasteiger partial charge in [-0.2, -0.15) is 0 Å². The maximum atomic E-state index is 12.0. The predicted molar refractivity (Wildman–Crippen MR) is 72.8 cm³/mol. The van der Waals surface area contributed by atoms with E-state index in [1.165, 1.54) is 6.92 Å². The Morgan fingerprint density at radius 1 is 1.45 bits per heavy atom. The van der Waals surface area contributed by atoms with Gasteiger partial charge in [0.1, 0.15) is 5.60 Å². The van der Waals surface area contributed by atoms with Crippen molar-refractivity contribution in [3.63, 3.8) is 0 Å². The molecule has 0 aliphatic carbocycles. The van der Waals surface area contributed by atoms with E-state index < -0.39 is 22.2 Å². The van der Waals surface area contributed by atoms with E-state index in [2.05, 4.69) is 0 Å². The largest absolute Gasteiger partial charge is 0.456 e. The molecule has 2 N–H and O–H groups in total. The Bertz CT molecular complexity index is 587. The van der Waals surface area contributed by atoms with Crippen molar-refractivity contribution in [1.82, 2.24) is 0 Å². The zero-order valence-electron chi connectivity index (χ0n) is 11.7. The number of anilines is 1. The second kappa shape index (κ2) is 5.28. The second-order valence-corrected chi connectivity index (χ2v) is 5.28. The number of nitrogens with zero attached hydrogens (tertiary/aromatic N) is 1. The monoisotopic (exact) mass is 280 g/mol. The molecule has 0 amide bonds. The molecule has 0 aliphatic heterocycles. The molecule has 1 aromatic rings. The fourth-order valence-electron chi connectivity index (χ4n) is 1.68. The van der Waals surface area contributed by atoms with Crippen LogP contribution in [0, 0.1) is 17.0 Å². The van der Waals surface area contributed by atoms with Crippen molar-refractivity contribution in [2.24, 2.45) is 0 Å². The van der Waals surface area contributed by atoms with Gasteiger partial charge in [0.2, 0.25) is 0 Å². The van der Waals surface area contributed by atoms with Crippen LogP contribution in [0.5, 0.6) is 0 Å². The SMILES string of the molecule is Cc1c(N)c(C(=O)OC(C)(C)C)cc(C=O)c1[N+](=O)[O-]. The molecule has 0 fully saturated rings. The molecule has 0 radical (unpaired) electrons. The summed E-state index contributed by atoms with van der Waals surface area (Å²) >= 11 is 0. The van der Waals surface area contributed by atoms with Gasteiger partial charge in [-0.15, -0.1) is 0 Å². The third kappa shape index (κ3) is 3.11. The zero-order chi connectivity index (χ0) is 15.7. The minimum atomic E-state index is -0.736. The van der Waals surface area contributed by atoms with Gasteiger partial charge in [0, 0.05) is 0 Å². The Morgan fingerprint density at radius 3 is 2.40 bits per heavy atom. The summed E-state index contributed by atoms with van der Waals surface area (Å²) in [6.45, 7) is 6.42. The Morgan fingerprint density at radius 2 is 2.00 bits per heavy atom. The summed E-state index contributed by atoms with van der Waals surface area (Å²) in [5.41, 5.74) is 4.36. The molecule has 108 valence electrons. The molecule has 1 aromatic carbocycles. The number of ether oxygens (including phenoxy) is 1. The van der Waals surface area contributed by atoms with Gasteiger partial charge < -0.3 is 10.5 Å². The summed E-state index contributed by atoms with van der Waals surface area (Å²) in [5.74, 6) is -0.726. The summed E-state index contributed by atoms with van der Waals surface area (Å²) in [7, 11) is 0. The first-order valence-corrected chi connectivity index (χ1v) is 5.84. The highest BCUT2D eigenvalue weighted by Gasteiger charge is 2.27. The minimum Gasteiger partial charge on any atom is -0.456 e. The number of hydrogen-bond acceptors (Lipinski definition) is 6. The highest BCUT2D eigenvalue weighted by atomic mass is 16.6. The van der Waals surface area contributed by atoms with E-state index in [4.69, 9.17) is 10.5 Å². The van der Waals surface area contributed by atoms with Crippen molar-refractivity contribution in [2.75, 3.05) is 5.73 Å². The number of rotatable bonds is 3. The molecule has 0 aromatic heterocycles. The molecule has 0 aliphatic rings. The third-order valence-electron chi connectivity index (χ3n) is 2.55. The normalized spacial score (nSPS) is 11.0. The standard InChI is InChI=1S/C13H16N2O5/c1-7-10(14)9(12(17)20-13(2,3)4)5-8(6-16)11(7)15(18)19/h5-6H,14H2,1-4H3. The zero-order valence-corrected chi connectivity index (χ0v) is 11.7. The first kappa shape index (κ1) is 15.6. The Kier molecular flexibility index (Phi) is 4.12. The molecular formula is C13H16N2O5. The van der Waals surface area contributed by atoms with Crippen LogP contribution in [0.15, 0.2) is 6.07 Å². The third-order valence-corrected chi connectivity index (χ3v) is 2.55. The van der Waals surface area contributed by atoms with Gasteiger partial charge in [-0.1, -0.05) is 0 Å². The molecule has 7 nitrogen and oxygen atoms in total. The van der Waals surface area contributed by atoms with Gasteiger partial charge in [0.05, 0.1) is 27.3 Å². The molecule has 7 heteroatoms. The van der Waals surface area contributed by atoms with Gasteiger partial charge in [0.15, 0.2) is 6.29 Å². The number of nitrogen functional groups attached to an aromatic ring is 1. The van der Waals surface area contributed by atoms with Gasteiger partial charge >= 0.3 is 5.97 Å². The van der Waals surface area contributed by atoms with Crippen molar-refractivity contribution in [1.29, 1.82) is 0 Å². The van der Waals surface area contributed by atoms with Crippen LogP contribution in [-0.4, -0.2) is 22.8 Å². The maximum Gasteiger partial charge on any atom is 0.340 e. The summed E-state index contributed by atoms with van der Waals surface area (Å²) < 4.78 is 5.15. The lowest BCUT2D eigenvalue weighted by atomic mass is 10.0. The fraction of sp³-hybridized carbons (Fsp3) is 0.385.